The molecule has 1 N–H and O–H groups in total. The Morgan fingerprint density at radius 3 is 2.23 bits per heavy atom. The van der Waals surface area contributed by atoms with Crippen molar-refractivity contribution in [2.45, 2.75) is 36.7 Å². The zero-order chi connectivity index (χ0) is 30.9. The second kappa shape index (κ2) is 14.3. The molecule has 4 aromatic rings. The number of rotatable bonds is 10. The van der Waals surface area contributed by atoms with Crippen LogP contribution in [0.3, 0.4) is 0 Å². The number of morpholine rings is 1. The fourth-order valence-electron chi connectivity index (χ4n) is 5.22. The van der Waals surface area contributed by atoms with Gasteiger partial charge in [-0.25, -0.2) is 13.2 Å². The minimum absolute atomic E-state index is 0.177. The van der Waals surface area contributed by atoms with Crippen molar-refractivity contribution in [1.29, 1.82) is 0 Å². The van der Waals surface area contributed by atoms with Gasteiger partial charge in [-0.05, 0) is 60.4 Å². The Hall–Kier alpha value is -4.47. The number of fused-ring (bicyclic) bond motifs is 1. The molecular formula is C35H37N3O5S. The van der Waals surface area contributed by atoms with E-state index in [-0.39, 0.29) is 16.8 Å². The van der Waals surface area contributed by atoms with Crippen LogP contribution in [0.25, 0.3) is 10.8 Å². The van der Waals surface area contributed by atoms with Gasteiger partial charge in [-0.15, -0.1) is 0 Å². The van der Waals surface area contributed by atoms with Crippen LogP contribution in [0.4, 0.5) is 10.5 Å². The highest BCUT2D eigenvalue weighted by Crippen LogP contribution is 2.26. The number of carbonyl (C=O) groups excluding carboxylic acids is 2. The minimum atomic E-state index is -3.72. The Kier molecular flexibility index (Phi) is 10.1. The van der Waals surface area contributed by atoms with Gasteiger partial charge in [-0.2, -0.15) is 0 Å². The summed E-state index contributed by atoms with van der Waals surface area (Å²) in [6.45, 7) is 3.41. The number of benzene rings is 4. The van der Waals surface area contributed by atoms with E-state index >= 15 is 0 Å². The average molecular weight is 612 g/mol. The monoisotopic (exact) mass is 611 g/mol. The third-order valence-corrected chi connectivity index (χ3v) is 9.19. The van der Waals surface area contributed by atoms with Crippen LogP contribution in [0.15, 0.2) is 120 Å². The van der Waals surface area contributed by atoms with Gasteiger partial charge in [-0.3, -0.25) is 9.69 Å². The van der Waals surface area contributed by atoms with Crippen molar-refractivity contribution in [1.82, 2.24) is 10.2 Å². The number of nitrogens with zero attached hydrogens (tertiary/aromatic N) is 2. The molecule has 1 saturated heterocycles. The molecule has 0 aromatic heterocycles. The molecule has 1 fully saturated rings. The molecule has 8 nitrogen and oxygen atoms in total. The topological polar surface area (TPSA) is 96.0 Å². The molecule has 1 aliphatic heterocycles. The zero-order valence-corrected chi connectivity index (χ0v) is 25.5. The summed E-state index contributed by atoms with van der Waals surface area (Å²) in [7, 11) is -3.72. The highest BCUT2D eigenvalue weighted by atomic mass is 32.2. The first-order chi connectivity index (χ1) is 21.3. The minimum Gasteiger partial charge on any atom is -0.378 e. The van der Waals surface area contributed by atoms with Crippen molar-refractivity contribution in [3.63, 3.8) is 0 Å². The quantitative estimate of drug-likeness (QED) is 0.252. The first-order valence-electron chi connectivity index (χ1n) is 14.8. The lowest BCUT2D eigenvalue weighted by Gasteiger charge is -2.36. The maximum absolute atomic E-state index is 13.9. The molecular weight excluding hydrogens is 574 g/mol. The number of ether oxygens (including phenoxy) is 1. The summed E-state index contributed by atoms with van der Waals surface area (Å²) in [6.07, 6.45) is 2.62. The molecule has 0 bridgehead atoms. The van der Waals surface area contributed by atoms with Gasteiger partial charge in [-0.1, -0.05) is 84.9 Å². The summed E-state index contributed by atoms with van der Waals surface area (Å²) in [5.74, 6) is -0.389. The number of nitrogens with one attached hydrogen (secondary N) is 1. The standard InChI is InChI=1S/C35H37N3O5S/c1-27(38(35(40)37-21-23-43-24-22-37)32-19-17-29-12-8-9-13-30(29)26-32)34(39)36-31(18-16-28-10-4-2-5-11-28)20-25-44(41,42)33-14-6-3-7-15-33/h2-15,17,19-20,25-27,31H,16,18,21-24H2,1H3,(H,36,39). The first-order valence-corrected chi connectivity index (χ1v) is 16.3. The van der Waals surface area contributed by atoms with Gasteiger partial charge in [0.1, 0.15) is 6.04 Å². The van der Waals surface area contributed by atoms with E-state index in [2.05, 4.69) is 5.32 Å². The SMILES string of the molecule is CC(C(=O)NC(C=CS(=O)(=O)c1ccccc1)CCc1ccccc1)N(C(=O)N1CCOCC1)c1ccc2ccccc2c1. The van der Waals surface area contributed by atoms with Gasteiger partial charge in [0.15, 0.2) is 9.84 Å². The second-order valence-corrected chi connectivity index (χ2v) is 12.6. The van der Waals surface area contributed by atoms with E-state index in [9.17, 15) is 18.0 Å². The number of carbonyl (C=O) groups is 2. The molecule has 2 atom stereocenters. The molecule has 0 spiro atoms. The van der Waals surface area contributed by atoms with Crippen LogP contribution in [0, 0.1) is 0 Å². The highest BCUT2D eigenvalue weighted by Gasteiger charge is 2.32. The molecule has 3 amide bonds. The van der Waals surface area contributed by atoms with E-state index in [4.69, 9.17) is 4.74 Å². The fraction of sp³-hybridized carbons (Fsp3) is 0.257. The molecule has 0 radical (unpaired) electrons. The lowest BCUT2D eigenvalue weighted by molar-refractivity contribution is -0.122. The van der Waals surface area contributed by atoms with Crippen molar-refractivity contribution < 1.29 is 22.7 Å². The van der Waals surface area contributed by atoms with Crippen LogP contribution in [0.5, 0.6) is 0 Å². The molecule has 1 aliphatic rings. The summed E-state index contributed by atoms with van der Waals surface area (Å²) in [4.78, 5) is 31.2. The molecule has 0 aliphatic carbocycles. The van der Waals surface area contributed by atoms with Gasteiger partial charge in [0.2, 0.25) is 5.91 Å². The molecule has 5 rings (SSSR count). The number of hydrogen-bond donors (Lipinski definition) is 1. The van der Waals surface area contributed by atoms with Crippen LogP contribution >= 0.6 is 0 Å². The predicted octanol–water partition coefficient (Wildman–Crippen LogP) is 5.59. The number of urea groups is 1. The van der Waals surface area contributed by atoms with E-state index in [1.807, 2.05) is 72.8 Å². The normalized spacial score (nSPS) is 15.2. The van der Waals surface area contributed by atoms with Crippen molar-refractivity contribution in [3.8, 4) is 0 Å². The number of hydrogen-bond acceptors (Lipinski definition) is 5. The van der Waals surface area contributed by atoms with Crippen LogP contribution < -0.4 is 10.2 Å². The molecule has 228 valence electrons. The predicted molar refractivity (Wildman–Crippen MR) is 173 cm³/mol. The number of sulfone groups is 1. The largest absolute Gasteiger partial charge is 0.378 e. The smallest absolute Gasteiger partial charge is 0.325 e. The maximum atomic E-state index is 13.9. The van der Waals surface area contributed by atoms with Gasteiger partial charge in [0, 0.05) is 30.2 Å². The zero-order valence-electron chi connectivity index (χ0n) is 24.7. The summed E-state index contributed by atoms with van der Waals surface area (Å²) < 4.78 is 31.5. The highest BCUT2D eigenvalue weighted by molar-refractivity contribution is 7.94. The fourth-order valence-corrected chi connectivity index (χ4v) is 6.31. The van der Waals surface area contributed by atoms with Crippen LogP contribution in [0.1, 0.15) is 18.9 Å². The van der Waals surface area contributed by atoms with E-state index in [0.717, 1.165) is 21.7 Å². The maximum Gasteiger partial charge on any atom is 0.325 e. The summed E-state index contributed by atoms with van der Waals surface area (Å²) in [5.41, 5.74) is 1.67. The summed E-state index contributed by atoms with van der Waals surface area (Å²) in [6, 6.07) is 29.8. The molecule has 9 heteroatoms. The van der Waals surface area contributed by atoms with Crippen LogP contribution in [-0.2, 0) is 25.8 Å². The number of amides is 3. The van der Waals surface area contributed by atoms with Crippen molar-refractivity contribution in [3.05, 3.63) is 120 Å². The Labute approximate surface area is 258 Å². The Bertz CT molecular complexity index is 1700. The van der Waals surface area contributed by atoms with Crippen LogP contribution in [-0.4, -0.2) is 63.6 Å². The van der Waals surface area contributed by atoms with E-state index in [1.54, 1.807) is 30.0 Å². The van der Waals surface area contributed by atoms with Gasteiger partial charge < -0.3 is 15.0 Å². The van der Waals surface area contributed by atoms with Crippen molar-refractivity contribution >= 4 is 38.2 Å². The number of anilines is 1. The van der Waals surface area contributed by atoms with Crippen molar-refractivity contribution in [2.24, 2.45) is 0 Å². The molecule has 1 heterocycles. The Balaban J connectivity index is 1.42. The van der Waals surface area contributed by atoms with Gasteiger partial charge in [0.25, 0.3) is 0 Å². The third kappa shape index (κ3) is 7.72. The van der Waals surface area contributed by atoms with Crippen molar-refractivity contribution in [2.75, 3.05) is 31.2 Å². The number of aryl methyl sites for hydroxylation is 1. The molecule has 0 saturated carbocycles. The van der Waals surface area contributed by atoms with Gasteiger partial charge >= 0.3 is 6.03 Å². The molecule has 44 heavy (non-hydrogen) atoms. The third-order valence-electron chi connectivity index (χ3n) is 7.74. The summed E-state index contributed by atoms with van der Waals surface area (Å²) >= 11 is 0. The lowest BCUT2D eigenvalue weighted by atomic mass is 10.0. The molecule has 2 unspecified atom stereocenters. The molecule has 4 aromatic carbocycles. The Morgan fingerprint density at radius 2 is 1.52 bits per heavy atom. The van der Waals surface area contributed by atoms with Crippen LogP contribution in [0.2, 0.25) is 0 Å². The van der Waals surface area contributed by atoms with E-state index < -0.39 is 21.9 Å². The van der Waals surface area contributed by atoms with E-state index in [1.165, 1.54) is 23.1 Å². The second-order valence-electron chi connectivity index (χ2n) is 10.8. The lowest BCUT2D eigenvalue weighted by Crippen LogP contribution is -2.56. The average Bonchev–Trinajstić information content (AvgIpc) is 3.07. The van der Waals surface area contributed by atoms with E-state index in [0.29, 0.717) is 44.8 Å². The first kappa shape index (κ1) is 31.0. The summed E-state index contributed by atoms with van der Waals surface area (Å²) in [5, 5.41) is 6.16. The Morgan fingerprint density at radius 1 is 0.886 bits per heavy atom. The van der Waals surface area contributed by atoms with Gasteiger partial charge in [0.05, 0.1) is 18.1 Å².